The van der Waals surface area contributed by atoms with E-state index < -0.39 is 0 Å². The fourth-order valence-corrected chi connectivity index (χ4v) is 1.17. The van der Waals surface area contributed by atoms with Crippen LogP contribution in [0.15, 0.2) is 48.5 Å². The van der Waals surface area contributed by atoms with E-state index in [-0.39, 0.29) is 0 Å². The molecule has 0 aliphatic heterocycles. The summed E-state index contributed by atoms with van der Waals surface area (Å²) in [5, 5.41) is 0. The molecular weight excluding hydrogens is 182 g/mol. The van der Waals surface area contributed by atoms with Crippen LogP contribution in [0.5, 0.6) is 0 Å². The van der Waals surface area contributed by atoms with Crippen molar-refractivity contribution >= 4 is 0 Å². The van der Waals surface area contributed by atoms with E-state index >= 15 is 0 Å². The summed E-state index contributed by atoms with van der Waals surface area (Å²) in [6.07, 6.45) is 0. The van der Waals surface area contributed by atoms with Crippen LogP contribution in [0.25, 0.3) is 0 Å². The standard InChI is InChI=1S/C14H11N/c1-12-6-5-9-14(15-12)11-10-13-7-3-2-4-8-13/h2-9H,1H3/i3T,4T. The summed E-state index contributed by atoms with van der Waals surface area (Å²) in [5.74, 6) is 5.85. The Hall–Kier alpha value is -2.07. The lowest BCUT2D eigenvalue weighted by atomic mass is 10.2. The lowest BCUT2D eigenvalue weighted by Crippen LogP contribution is -1.84. The molecule has 1 aromatic heterocycles. The summed E-state index contributed by atoms with van der Waals surface area (Å²) in [6, 6.07) is 11.0. The van der Waals surface area contributed by atoms with Crippen molar-refractivity contribution in [1.82, 2.24) is 4.98 Å². The van der Waals surface area contributed by atoms with Gasteiger partial charge < -0.3 is 0 Å². The molecule has 0 N–H and O–H groups in total. The molecule has 72 valence electrons. The highest BCUT2D eigenvalue weighted by Crippen LogP contribution is 1.98. The van der Waals surface area contributed by atoms with Crippen molar-refractivity contribution in [3.8, 4) is 11.8 Å². The van der Waals surface area contributed by atoms with Crippen molar-refractivity contribution in [3.63, 3.8) is 0 Å². The number of aryl methyl sites for hydroxylation is 1. The molecule has 0 aliphatic rings. The third kappa shape index (κ3) is 2.69. The summed E-state index contributed by atoms with van der Waals surface area (Å²) in [4.78, 5) is 4.27. The molecule has 0 spiro atoms. The maximum absolute atomic E-state index is 7.49. The molecule has 1 heteroatoms. The quantitative estimate of drug-likeness (QED) is 0.592. The van der Waals surface area contributed by atoms with Crippen LogP contribution < -0.4 is 0 Å². The number of aromatic nitrogens is 1. The van der Waals surface area contributed by atoms with E-state index in [2.05, 4.69) is 16.8 Å². The molecule has 0 aliphatic carbocycles. The van der Waals surface area contributed by atoms with Crippen molar-refractivity contribution < 1.29 is 2.74 Å². The minimum atomic E-state index is 0.305. The van der Waals surface area contributed by atoms with E-state index in [0.717, 1.165) is 5.69 Å². The Morgan fingerprint density at radius 3 is 2.60 bits per heavy atom. The predicted molar refractivity (Wildman–Crippen MR) is 61.4 cm³/mol. The van der Waals surface area contributed by atoms with Crippen molar-refractivity contribution in [2.45, 2.75) is 6.92 Å². The zero-order valence-electron chi connectivity index (χ0n) is 10.4. The first-order valence-corrected chi connectivity index (χ1v) is 4.67. The highest BCUT2D eigenvalue weighted by atomic mass is 14.7. The molecule has 1 nitrogen and oxygen atoms in total. The molecule has 0 fully saturated rings. The first-order chi connectivity index (χ1) is 8.13. The van der Waals surface area contributed by atoms with Crippen LogP contribution in [0.2, 0.25) is 0 Å². The lowest BCUT2D eigenvalue weighted by molar-refractivity contribution is 1.18. The molecule has 0 unspecified atom stereocenters. The summed E-state index contributed by atoms with van der Waals surface area (Å²) in [6.45, 7) is 1.91. The molecule has 2 aromatic rings. The monoisotopic (exact) mass is 197 g/mol. The van der Waals surface area contributed by atoms with Gasteiger partial charge in [0.25, 0.3) is 0 Å². The van der Waals surface area contributed by atoms with Gasteiger partial charge in [-0.1, -0.05) is 30.1 Å². The first-order valence-electron chi connectivity index (χ1n) is 5.67. The maximum atomic E-state index is 7.49. The number of pyridine rings is 1. The molecule has 0 bridgehead atoms. The van der Waals surface area contributed by atoms with Crippen LogP contribution in [0.3, 0.4) is 0 Å². The molecule has 0 saturated heterocycles. The van der Waals surface area contributed by atoms with Gasteiger partial charge in [-0.25, -0.2) is 4.98 Å². The van der Waals surface area contributed by atoms with Gasteiger partial charge in [-0.2, -0.15) is 0 Å². The van der Waals surface area contributed by atoms with E-state index in [0.29, 0.717) is 23.3 Å². The fourth-order valence-electron chi connectivity index (χ4n) is 1.17. The Morgan fingerprint density at radius 2 is 1.87 bits per heavy atom. The lowest BCUT2D eigenvalue weighted by Gasteiger charge is -1.91. The Labute approximate surface area is 92.6 Å². The molecule has 0 saturated carbocycles. The van der Waals surface area contributed by atoms with Crippen molar-refractivity contribution in [2.24, 2.45) is 0 Å². The van der Waals surface area contributed by atoms with Crippen molar-refractivity contribution in [3.05, 3.63) is 65.4 Å². The Morgan fingerprint density at radius 1 is 1.07 bits per heavy atom. The summed E-state index contributed by atoms with van der Waals surface area (Å²) in [5.41, 5.74) is 2.30. The maximum Gasteiger partial charge on any atom is 0.113 e. The number of hydrogen-bond donors (Lipinski definition) is 0. The Balaban J connectivity index is 2.32. The number of rotatable bonds is 0. The smallest absolute Gasteiger partial charge is 0.113 e. The van der Waals surface area contributed by atoms with Gasteiger partial charge in [0.1, 0.15) is 5.69 Å². The zero-order chi connectivity index (χ0) is 12.3. The van der Waals surface area contributed by atoms with Gasteiger partial charge in [-0.15, -0.1) is 0 Å². The van der Waals surface area contributed by atoms with Gasteiger partial charge in [0, 0.05) is 11.3 Å². The third-order valence-corrected chi connectivity index (χ3v) is 1.87. The van der Waals surface area contributed by atoms with E-state index in [4.69, 9.17) is 2.74 Å². The van der Waals surface area contributed by atoms with E-state index in [1.807, 2.05) is 25.1 Å². The average molecular weight is 197 g/mol. The van der Waals surface area contributed by atoms with Crippen LogP contribution in [0.4, 0.5) is 0 Å². The average Bonchev–Trinajstić information content (AvgIpc) is 2.25. The van der Waals surface area contributed by atoms with Gasteiger partial charge >= 0.3 is 0 Å². The summed E-state index contributed by atoms with van der Waals surface area (Å²) < 4.78 is 15.0. The fraction of sp³-hybridized carbons (Fsp3) is 0.0714. The van der Waals surface area contributed by atoms with Crippen LogP contribution in [0.1, 0.15) is 19.7 Å². The topological polar surface area (TPSA) is 12.9 Å². The van der Waals surface area contributed by atoms with E-state index in [1.165, 1.54) is 6.07 Å². The molecule has 0 atom stereocenters. The molecule has 2 rings (SSSR count). The minimum Gasteiger partial charge on any atom is -0.245 e. The van der Waals surface area contributed by atoms with Gasteiger partial charge in [-0.3, -0.25) is 0 Å². The molecule has 0 amide bonds. The van der Waals surface area contributed by atoms with Crippen molar-refractivity contribution in [1.29, 1.82) is 0 Å². The predicted octanol–water partition coefficient (Wildman–Crippen LogP) is 2.79. The van der Waals surface area contributed by atoms with Crippen LogP contribution >= 0.6 is 0 Å². The summed E-state index contributed by atoms with van der Waals surface area (Å²) in [7, 11) is 0. The normalized spacial score (nSPS) is 11.0. The molecular formula is C14H11N. The SMILES string of the molecule is [3H]c1cc([3H])cc(C#Cc2cccc(C)n2)c1. The number of benzene rings is 1. The van der Waals surface area contributed by atoms with Crippen LogP contribution in [-0.2, 0) is 0 Å². The zero-order valence-corrected chi connectivity index (χ0v) is 8.41. The molecule has 0 radical (unpaired) electrons. The molecule has 15 heavy (non-hydrogen) atoms. The highest BCUT2D eigenvalue weighted by Gasteiger charge is 1.88. The van der Waals surface area contributed by atoms with Crippen molar-refractivity contribution in [2.75, 3.05) is 0 Å². The second-order valence-corrected chi connectivity index (χ2v) is 3.14. The number of hydrogen-bond acceptors (Lipinski definition) is 1. The van der Waals surface area contributed by atoms with Gasteiger partial charge in [0.05, 0.1) is 2.74 Å². The second-order valence-electron chi connectivity index (χ2n) is 3.14. The molecule has 1 aromatic carbocycles. The van der Waals surface area contributed by atoms with Gasteiger partial charge in [0.15, 0.2) is 0 Å². The van der Waals surface area contributed by atoms with E-state index in [1.54, 1.807) is 12.1 Å². The van der Waals surface area contributed by atoms with Gasteiger partial charge in [0.2, 0.25) is 0 Å². The largest absolute Gasteiger partial charge is 0.245 e. The van der Waals surface area contributed by atoms with E-state index in [9.17, 15) is 0 Å². The Bertz CT molecular complexity index is 589. The number of nitrogens with zero attached hydrogens (tertiary/aromatic N) is 1. The third-order valence-electron chi connectivity index (χ3n) is 1.87. The summed E-state index contributed by atoms with van der Waals surface area (Å²) >= 11 is 0. The Kier molecular flexibility index (Phi) is 2.14. The molecule has 1 heterocycles. The highest BCUT2D eigenvalue weighted by molar-refractivity contribution is 5.39. The van der Waals surface area contributed by atoms with Gasteiger partial charge in [-0.05, 0) is 37.1 Å². The second kappa shape index (κ2) is 4.43. The van der Waals surface area contributed by atoms with Crippen LogP contribution in [0, 0.1) is 18.8 Å². The van der Waals surface area contributed by atoms with Crippen LogP contribution in [-0.4, -0.2) is 4.98 Å². The first kappa shape index (κ1) is 7.25. The minimum absolute atomic E-state index is 0.305.